The Morgan fingerprint density at radius 1 is 0.929 bits per heavy atom. The van der Waals surface area contributed by atoms with E-state index in [1.807, 2.05) is 0 Å². The molecule has 0 aliphatic carbocycles. The maximum atomic E-state index is 11.7. The molecule has 1 rings (SSSR count). The summed E-state index contributed by atoms with van der Waals surface area (Å²) in [5, 5.41) is 0. The van der Waals surface area contributed by atoms with Crippen LogP contribution in [0.1, 0.15) is 0 Å². The SMILES string of the molecule is FC(F)(F)[B]c1ccccc1.O.O.[NaH]. The van der Waals surface area contributed by atoms with E-state index in [1.54, 1.807) is 18.2 Å². The Morgan fingerprint density at radius 2 is 1.36 bits per heavy atom. The molecule has 2 nitrogen and oxygen atoms in total. The minimum atomic E-state index is -4.22. The fourth-order valence-corrected chi connectivity index (χ4v) is 0.738. The topological polar surface area (TPSA) is 63.0 Å². The van der Waals surface area contributed by atoms with E-state index in [4.69, 9.17) is 0 Å². The van der Waals surface area contributed by atoms with E-state index < -0.39 is 6.08 Å². The van der Waals surface area contributed by atoms with Gasteiger partial charge in [-0.05, 0) is 0 Å². The van der Waals surface area contributed by atoms with Gasteiger partial charge in [-0.3, -0.25) is 0 Å². The molecule has 0 amide bonds. The van der Waals surface area contributed by atoms with E-state index in [9.17, 15) is 13.2 Å². The molecular weight excluding hydrogens is 207 g/mol. The van der Waals surface area contributed by atoms with Gasteiger partial charge in [-0.1, -0.05) is 35.8 Å². The molecule has 0 unspecified atom stereocenters. The predicted octanol–water partition coefficient (Wildman–Crippen LogP) is -0.762. The van der Waals surface area contributed by atoms with Gasteiger partial charge in [0.25, 0.3) is 7.28 Å². The van der Waals surface area contributed by atoms with Crippen molar-refractivity contribution in [3.8, 4) is 0 Å². The molecule has 0 saturated heterocycles. The molecule has 1 aromatic carbocycles. The number of benzene rings is 1. The summed E-state index contributed by atoms with van der Waals surface area (Å²) in [6.07, 6.45) is -4.22. The molecule has 0 bridgehead atoms. The normalized spacial score (nSPS) is 8.79. The van der Waals surface area contributed by atoms with Crippen molar-refractivity contribution >= 4 is 42.3 Å². The molecule has 4 N–H and O–H groups in total. The van der Waals surface area contributed by atoms with Crippen LogP contribution in [-0.2, 0) is 0 Å². The maximum absolute atomic E-state index is 11.7. The van der Waals surface area contributed by atoms with Crippen molar-refractivity contribution in [1.82, 2.24) is 0 Å². The van der Waals surface area contributed by atoms with Crippen LogP contribution in [0, 0.1) is 0 Å². The van der Waals surface area contributed by atoms with Crippen LogP contribution in [0.25, 0.3) is 0 Å². The summed E-state index contributed by atoms with van der Waals surface area (Å²) in [4.78, 5) is 0. The van der Waals surface area contributed by atoms with Gasteiger partial charge in [-0.2, -0.15) is 13.2 Å². The summed E-state index contributed by atoms with van der Waals surface area (Å²) in [6, 6.07) is 7.63. The van der Waals surface area contributed by atoms with Crippen LogP contribution < -0.4 is 5.46 Å². The first-order valence-corrected chi connectivity index (χ1v) is 3.05. The quantitative estimate of drug-likeness (QED) is 0.555. The van der Waals surface area contributed by atoms with Crippen molar-refractivity contribution < 1.29 is 24.1 Å². The summed E-state index contributed by atoms with van der Waals surface area (Å²) in [5.41, 5.74) is 0.181. The molecule has 0 fully saturated rings. The average molecular weight is 217 g/mol. The molecule has 0 aromatic heterocycles. The van der Waals surface area contributed by atoms with E-state index in [2.05, 4.69) is 0 Å². The van der Waals surface area contributed by atoms with Gasteiger partial charge in [0, 0.05) is 0 Å². The third-order valence-electron chi connectivity index (χ3n) is 1.13. The third-order valence-corrected chi connectivity index (χ3v) is 1.13. The molecule has 1 aromatic rings. The van der Waals surface area contributed by atoms with Crippen LogP contribution in [0.2, 0.25) is 0 Å². The van der Waals surface area contributed by atoms with Crippen molar-refractivity contribution in [2.45, 2.75) is 6.08 Å². The second-order valence-electron chi connectivity index (χ2n) is 2.10. The zero-order valence-corrected chi connectivity index (χ0v) is 6.60. The van der Waals surface area contributed by atoms with E-state index in [0.29, 0.717) is 0 Å². The summed E-state index contributed by atoms with van der Waals surface area (Å²) in [5.74, 6) is 0. The molecule has 0 heterocycles. The number of rotatable bonds is 1. The minimum absolute atomic E-state index is 0. The van der Waals surface area contributed by atoms with Crippen molar-refractivity contribution in [3.05, 3.63) is 30.3 Å². The number of hydrogen-bond donors (Lipinski definition) is 0. The first kappa shape index (κ1) is 19.5. The van der Waals surface area contributed by atoms with Crippen LogP contribution in [0.15, 0.2) is 30.3 Å². The van der Waals surface area contributed by atoms with Gasteiger partial charge in [0.05, 0.1) is 0 Å². The predicted molar refractivity (Wildman–Crippen MR) is 52.3 cm³/mol. The molecule has 0 spiro atoms. The molecular formula is C7H10BF3NaO2. The van der Waals surface area contributed by atoms with Gasteiger partial charge in [0.15, 0.2) is 0 Å². The monoisotopic (exact) mass is 217 g/mol. The molecule has 0 saturated carbocycles. The number of hydrogen-bond acceptors (Lipinski definition) is 0. The third kappa shape index (κ3) is 8.59. The molecule has 1 radical (unpaired) electrons. The van der Waals surface area contributed by atoms with Crippen molar-refractivity contribution in [1.29, 1.82) is 0 Å². The van der Waals surface area contributed by atoms with Crippen molar-refractivity contribution in [3.63, 3.8) is 0 Å². The summed E-state index contributed by atoms with van der Waals surface area (Å²) in [7, 11) is 0.271. The van der Waals surface area contributed by atoms with Gasteiger partial charge in [-0.25, -0.2) is 0 Å². The Bertz CT molecular complexity index is 230. The molecule has 0 atom stereocenters. The molecule has 0 aliphatic rings. The van der Waals surface area contributed by atoms with Crippen LogP contribution >= 0.6 is 0 Å². The Kier molecular flexibility index (Phi) is 11.6. The fraction of sp³-hybridized carbons (Fsp3) is 0.143. The van der Waals surface area contributed by atoms with Gasteiger partial charge in [-0.15, -0.1) is 0 Å². The van der Waals surface area contributed by atoms with Crippen LogP contribution in [0.3, 0.4) is 0 Å². The van der Waals surface area contributed by atoms with E-state index in [0.717, 1.165) is 0 Å². The van der Waals surface area contributed by atoms with E-state index in [1.165, 1.54) is 12.1 Å². The Hall–Kier alpha value is -0.00506. The van der Waals surface area contributed by atoms with E-state index in [-0.39, 0.29) is 53.3 Å². The second-order valence-corrected chi connectivity index (χ2v) is 2.10. The van der Waals surface area contributed by atoms with Crippen LogP contribution in [0.5, 0.6) is 0 Å². The van der Waals surface area contributed by atoms with Gasteiger partial charge in [0.2, 0.25) is 0 Å². The van der Waals surface area contributed by atoms with Gasteiger partial charge < -0.3 is 11.0 Å². The zero-order chi connectivity index (χ0) is 8.32. The Morgan fingerprint density at radius 3 is 1.71 bits per heavy atom. The summed E-state index contributed by atoms with van der Waals surface area (Å²) >= 11 is 0. The van der Waals surface area contributed by atoms with Crippen LogP contribution in [0.4, 0.5) is 13.2 Å². The van der Waals surface area contributed by atoms with Crippen molar-refractivity contribution in [2.24, 2.45) is 0 Å². The first-order valence-electron chi connectivity index (χ1n) is 3.05. The number of alkyl halides is 3. The average Bonchev–Trinajstić information content (AvgIpc) is 1.85. The molecule has 7 heteroatoms. The number of halogens is 3. The molecule has 0 aliphatic heterocycles. The Labute approximate surface area is 103 Å². The van der Waals surface area contributed by atoms with E-state index >= 15 is 0 Å². The summed E-state index contributed by atoms with van der Waals surface area (Å²) < 4.78 is 35.1. The zero-order valence-electron chi connectivity index (χ0n) is 6.60. The molecule has 14 heavy (non-hydrogen) atoms. The first-order chi connectivity index (χ1) is 5.08. The molecule has 75 valence electrons. The Balaban J connectivity index is -0.000000403. The van der Waals surface area contributed by atoms with Crippen LogP contribution in [-0.4, -0.2) is 53.9 Å². The fourth-order valence-electron chi connectivity index (χ4n) is 0.738. The standard InChI is InChI=1S/C7H5BF3.Na.2H2O.H/c9-7(10,11)8-6-4-2-1-3-5-6;;;;/h1-5H;;2*1H2;. The summed E-state index contributed by atoms with van der Waals surface area (Å²) in [6.45, 7) is 0. The van der Waals surface area contributed by atoms with Gasteiger partial charge in [0.1, 0.15) is 0 Å². The van der Waals surface area contributed by atoms with Crippen molar-refractivity contribution in [2.75, 3.05) is 0 Å². The second kappa shape index (κ2) is 8.32. The van der Waals surface area contributed by atoms with Gasteiger partial charge >= 0.3 is 35.6 Å².